The predicted octanol–water partition coefficient (Wildman–Crippen LogP) is 6.26. The molecule has 0 spiro atoms. The zero-order chi connectivity index (χ0) is 20.9. The van der Waals surface area contributed by atoms with Crippen LogP contribution < -0.4 is 4.74 Å². The number of rotatable bonds is 6. The minimum absolute atomic E-state index is 0.256. The molecule has 3 aromatic rings. The first-order valence-corrected chi connectivity index (χ1v) is 11.0. The Morgan fingerprint density at radius 2 is 1.63 bits per heavy atom. The van der Waals surface area contributed by atoms with Gasteiger partial charge in [0.05, 0.1) is 11.4 Å². The van der Waals surface area contributed by atoms with E-state index in [4.69, 9.17) is 4.74 Å². The summed E-state index contributed by atoms with van der Waals surface area (Å²) in [6.07, 6.45) is 1.74. The van der Waals surface area contributed by atoms with E-state index in [1.54, 1.807) is 6.08 Å². The summed E-state index contributed by atoms with van der Waals surface area (Å²) in [4.78, 5) is 26.8. The fraction of sp³-hybridized carbons (Fsp3) is 0.0833. The predicted molar refractivity (Wildman–Crippen MR) is 123 cm³/mol. The van der Waals surface area contributed by atoms with Crippen LogP contribution in [-0.4, -0.2) is 16.0 Å². The van der Waals surface area contributed by atoms with Gasteiger partial charge >= 0.3 is 0 Å². The molecular formula is C24H18BrNO3S. The molecule has 1 aliphatic rings. The molecule has 1 heterocycles. The lowest BCUT2D eigenvalue weighted by Gasteiger charge is -2.12. The van der Waals surface area contributed by atoms with Gasteiger partial charge in [-0.2, -0.15) is 0 Å². The number of carbonyl (C=O) groups excluding carboxylic acids is 2. The Hall–Kier alpha value is -2.83. The van der Waals surface area contributed by atoms with Crippen LogP contribution in [0.2, 0.25) is 0 Å². The molecule has 0 radical (unpaired) electrons. The highest BCUT2D eigenvalue weighted by Crippen LogP contribution is 2.33. The lowest BCUT2D eigenvalue weighted by atomic mass is 10.2. The summed E-state index contributed by atoms with van der Waals surface area (Å²) in [5.74, 6) is 0.480. The van der Waals surface area contributed by atoms with Gasteiger partial charge in [-0.05, 0) is 58.8 Å². The van der Waals surface area contributed by atoms with E-state index < -0.39 is 0 Å². The number of hydrogen-bond acceptors (Lipinski definition) is 4. The number of nitrogens with zero attached hydrogens (tertiary/aromatic N) is 1. The molecule has 1 fully saturated rings. The summed E-state index contributed by atoms with van der Waals surface area (Å²) in [5, 5.41) is -0.256. The number of benzene rings is 3. The van der Waals surface area contributed by atoms with E-state index in [0.29, 0.717) is 11.5 Å². The zero-order valence-electron chi connectivity index (χ0n) is 16.0. The Morgan fingerprint density at radius 3 is 2.37 bits per heavy atom. The third kappa shape index (κ3) is 5.01. The Kier molecular flexibility index (Phi) is 6.35. The summed E-state index contributed by atoms with van der Waals surface area (Å²) < 4.78 is 6.70. The molecule has 0 N–H and O–H groups in total. The highest BCUT2D eigenvalue weighted by atomic mass is 79.9. The van der Waals surface area contributed by atoms with Crippen molar-refractivity contribution in [3.8, 4) is 5.75 Å². The first kappa shape index (κ1) is 20.4. The quantitative estimate of drug-likeness (QED) is 0.391. The number of imide groups is 1. The van der Waals surface area contributed by atoms with Crippen LogP contribution >= 0.6 is 27.7 Å². The maximum absolute atomic E-state index is 12.7. The first-order valence-electron chi connectivity index (χ1n) is 9.35. The van der Waals surface area contributed by atoms with Crippen molar-refractivity contribution in [2.75, 3.05) is 0 Å². The van der Waals surface area contributed by atoms with Crippen molar-refractivity contribution in [1.29, 1.82) is 0 Å². The molecule has 1 aliphatic heterocycles. The van der Waals surface area contributed by atoms with E-state index in [-0.39, 0.29) is 17.7 Å². The highest BCUT2D eigenvalue weighted by Gasteiger charge is 2.34. The number of thioether (sulfide) groups is 1. The zero-order valence-corrected chi connectivity index (χ0v) is 18.4. The Balaban J connectivity index is 1.41. The molecule has 30 heavy (non-hydrogen) atoms. The van der Waals surface area contributed by atoms with Crippen molar-refractivity contribution in [3.63, 3.8) is 0 Å². The van der Waals surface area contributed by atoms with Crippen molar-refractivity contribution in [1.82, 2.24) is 4.90 Å². The fourth-order valence-corrected chi connectivity index (χ4v) is 4.29. The van der Waals surface area contributed by atoms with Gasteiger partial charge in [0.2, 0.25) is 0 Å². The molecule has 3 aromatic carbocycles. The summed E-state index contributed by atoms with van der Waals surface area (Å²) >= 11 is 4.38. The first-order chi connectivity index (χ1) is 14.6. The van der Waals surface area contributed by atoms with Crippen molar-refractivity contribution in [2.24, 2.45) is 0 Å². The van der Waals surface area contributed by atoms with Gasteiger partial charge in [0.15, 0.2) is 0 Å². The third-order valence-corrected chi connectivity index (χ3v) is 5.93. The second-order valence-electron chi connectivity index (χ2n) is 6.74. The van der Waals surface area contributed by atoms with Gasteiger partial charge in [0, 0.05) is 4.47 Å². The number of halogens is 1. The summed E-state index contributed by atoms with van der Waals surface area (Å²) in [6.45, 7) is 0.752. The minimum atomic E-state index is -0.269. The Morgan fingerprint density at radius 1 is 0.900 bits per heavy atom. The summed E-state index contributed by atoms with van der Waals surface area (Å²) in [5.41, 5.74) is 2.84. The molecule has 1 saturated heterocycles. The van der Waals surface area contributed by atoms with Crippen LogP contribution in [-0.2, 0) is 17.9 Å². The normalized spacial score (nSPS) is 15.1. The maximum atomic E-state index is 12.7. The van der Waals surface area contributed by atoms with E-state index in [2.05, 4.69) is 15.9 Å². The topological polar surface area (TPSA) is 46.6 Å². The van der Waals surface area contributed by atoms with Crippen LogP contribution in [0.5, 0.6) is 5.75 Å². The number of carbonyl (C=O) groups is 2. The van der Waals surface area contributed by atoms with E-state index >= 15 is 0 Å². The number of ether oxygens (including phenoxy) is 1. The van der Waals surface area contributed by atoms with E-state index in [1.807, 2.05) is 78.9 Å². The lowest BCUT2D eigenvalue weighted by Crippen LogP contribution is -2.27. The van der Waals surface area contributed by atoms with Gasteiger partial charge < -0.3 is 4.74 Å². The van der Waals surface area contributed by atoms with E-state index in [1.165, 1.54) is 4.90 Å². The molecule has 0 unspecified atom stereocenters. The average Bonchev–Trinajstić information content (AvgIpc) is 3.01. The third-order valence-electron chi connectivity index (χ3n) is 4.53. The summed E-state index contributed by atoms with van der Waals surface area (Å²) in [7, 11) is 0. The number of amides is 2. The van der Waals surface area contributed by atoms with Gasteiger partial charge in [-0.3, -0.25) is 14.5 Å². The number of hydrogen-bond donors (Lipinski definition) is 0. The SMILES string of the molecule is O=C1S/C(=C/c2ccc(OCc3ccccc3)cc2)C(=O)N1Cc1cccc(Br)c1. The maximum Gasteiger partial charge on any atom is 0.293 e. The molecule has 0 bridgehead atoms. The standard InChI is InChI=1S/C24H18BrNO3S/c25-20-8-4-7-19(13-20)15-26-23(27)22(30-24(26)28)14-17-9-11-21(12-10-17)29-16-18-5-2-1-3-6-18/h1-14H,15-16H2/b22-14+. The van der Waals surface area contributed by atoms with Crippen LogP contribution in [0, 0.1) is 0 Å². The van der Waals surface area contributed by atoms with Gasteiger partial charge in [-0.15, -0.1) is 0 Å². The molecule has 0 aromatic heterocycles. The van der Waals surface area contributed by atoms with Crippen LogP contribution in [0.25, 0.3) is 6.08 Å². The average molecular weight is 480 g/mol. The lowest BCUT2D eigenvalue weighted by molar-refractivity contribution is -0.123. The minimum Gasteiger partial charge on any atom is -0.489 e. The highest BCUT2D eigenvalue weighted by molar-refractivity contribution is 9.10. The van der Waals surface area contributed by atoms with Gasteiger partial charge in [-0.1, -0.05) is 70.5 Å². The van der Waals surface area contributed by atoms with Crippen LogP contribution in [0.4, 0.5) is 4.79 Å². The Labute approximate surface area is 187 Å². The van der Waals surface area contributed by atoms with Crippen molar-refractivity contribution in [2.45, 2.75) is 13.2 Å². The molecule has 150 valence electrons. The van der Waals surface area contributed by atoms with Gasteiger partial charge in [-0.25, -0.2) is 0 Å². The monoisotopic (exact) mass is 479 g/mol. The van der Waals surface area contributed by atoms with Crippen molar-refractivity contribution < 1.29 is 14.3 Å². The smallest absolute Gasteiger partial charge is 0.293 e. The van der Waals surface area contributed by atoms with Crippen LogP contribution in [0.15, 0.2) is 88.2 Å². The Bertz CT molecular complexity index is 1100. The fourth-order valence-electron chi connectivity index (χ4n) is 3.01. The molecule has 0 saturated carbocycles. The molecule has 4 rings (SSSR count). The van der Waals surface area contributed by atoms with Crippen LogP contribution in [0.3, 0.4) is 0 Å². The second kappa shape index (κ2) is 9.32. The summed E-state index contributed by atoms with van der Waals surface area (Å²) in [6, 6.07) is 25.0. The molecule has 6 heteroatoms. The molecule has 0 atom stereocenters. The van der Waals surface area contributed by atoms with E-state index in [0.717, 1.165) is 38.7 Å². The molecular weight excluding hydrogens is 462 g/mol. The van der Waals surface area contributed by atoms with Gasteiger partial charge in [0.1, 0.15) is 12.4 Å². The molecule has 2 amide bonds. The second-order valence-corrected chi connectivity index (χ2v) is 8.65. The molecule has 0 aliphatic carbocycles. The van der Waals surface area contributed by atoms with Crippen molar-refractivity contribution in [3.05, 3.63) is 105 Å². The molecule has 4 nitrogen and oxygen atoms in total. The van der Waals surface area contributed by atoms with Crippen molar-refractivity contribution >= 4 is 44.9 Å². The van der Waals surface area contributed by atoms with Crippen LogP contribution in [0.1, 0.15) is 16.7 Å². The van der Waals surface area contributed by atoms with E-state index in [9.17, 15) is 9.59 Å². The van der Waals surface area contributed by atoms with Gasteiger partial charge in [0.25, 0.3) is 11.1 Å². The largest absolute Gasteiger partial charge is 0.489 e.